The van der Waals surface area contributed by atoms with Gasteiger partial charge in [-0.05, 0) is 56.6 Å². The molecule has 1 aromatic rings. The summed E-state index contributed by atoms with van der Waals surface area (Å²) < 4.78 is 0. The number of aliphatic carboxylic acids is 1. The maximum atomic E-state index is 12.0. The van der Waals surface area contributed by atoms with E-state index in [9.17, 15) is 9.59 Å². The number of carboxylic acid groups (broad SMARTS) is 1. The molecule has 154 valence electrons. The molecule has 3 heterocycles. The molecule has 0 saturated carbocycles. The third kappa shape index (κ3) is 6.37. The molecule has 4 N–H and O–H groups in total. The van der Waals surface area contributed by atoms with Gasteiger partial charge in [-0.3, -0.25) is 9.69 Å². The second-order valence-electron chi connectivity index (χ2n) is 7.64. The van der Waals surface area contributed by atoms with Gasteiger partial charge in [0.2, 0.25) is 0 Å². The molecule has 0 unspecified atom stereocenters. The van der Waals surface area contributed by atoms with Gasteiger partial charge in [-0.2, -0.15) is 0 Å². The van der Waals surface area contributed by atoms with Gasteiger partial charge in [-0.15, -0.1) is 0 Å². The molecule has 2 aliphatic rings. The van der Waals surface area contributed by atoms with E-state index in [4.69, 9.17) is 10.1 Å². The summed E-state index contributed by atoms with van der Waals surface area (Å²) in [5.74, 6) is 0.238. The van der Waals surface area contributed by atoms with Crippen molar-refractivity contribution in [1.29, 1.82) is 0 Å². The number of likely N-dealkylation sites (tertiary alicyclic amines) is 1. The molecule has 3 rings (SSSR count). The summed E-state index contributed by atoms with van der Waals surface area (Å²) in [7, 11) is 0. The normalized spacial score (nSPS) is 17.4. The Morgan fingerprint density at radius 3 is 2.86 bits per heavy atom. The Morgan fingerprint density at radius 1 is 1.25 bits per heavy atom. The number of anilines is 1. The van der Waals surface area contributed by atoms with Crippen LogP contribution in [0.5, 0.6) is 0 Å². The summed E-state index contributed by atoms with van der Waals surface area (Å²) in [6, 6.07) is 4.28. The Kier molecular flexibility index (Phi) is 7.47. The first kappa shape index (κ1) is 20.4. The van der Waals surface area contributed by atoms with Crippen LogP contribution in [0.1, 0.15) is 43.4 Å². The lowest BCUT2D eigenvalue weighted by molar-refractivity contribution is -0.138. The Balaban J connectivity index is 1.26. The van der Waals surface area contributed by atoms with Gasteiger partial charge in [-0.1, -0.05) is 6.07 Å². The van der Waals surface area contributed by atoms with Crippen molar-refractivity contribution in [3.63, 3.8) is 0 Å². The molecule has 28 heavy (non-hydrogen) atoms. The topological polar surface area (TPSA) is 107 Å². The standard InChI is InChI=1S/C20H31N5O3/c26-18(27)14-25-12-8-17(9-13-25)24-20(28)22-10-2-1-5-16-7-6-15-4-3-11-21-19(15)23-16/h6-7,17H,1-5,8-14H2,(H,21,23)(H,26,27)(H2,22,24,28). The first-order valence-corrected chi connectivity index (χ1v) is 10.3. The second kappa shape index (κ2) is 10.3. The minimum atomic E-state index is -0.800. The first-order chi connectivity index (χ1) is 13.6. The lowest BCUT2D eigenvalue weighted by atomic mass is 10.1. The maximum Gasteiger partial charge on any atom is 0.317 e. The number of fused-ring (bicyclic) bond motifs is 1. The fraction of sp³-hybridized carbons (Fsp3) is 0.650. The number of piperidine rings is 1. The number of nitrogens with zero attached hydrogens (tertiary/aromatic N) is 2. The fourth-order valence-corrected chi connectivity index (χ4v) is 3.80. The van der Waals surface area contributed by atoms with Gasteiger partial charge in [0, 0.05) is 37.9 Å². The zero-order valence-electron chi connectivity index (χ0n) is 16.4. The quantitative estimate of drug-likeness (QED) is 0.503. The highest BCUT2D eigenvalue weighted by molar-refractivity contribution is 5.74. The molecule has 1 aromatic heterocycles. The predicted molar refractivity (Wildman–Crippen MR) is 108 cm³/mol. The second-order valence-corrected chi connectivity index (χ2v) is 7.64. The van der Waals surface area contributed by atoms with Crippen molar-refractivity contribution in [2.24, 2.45) is 0 Å². The van der Waals surface area contributed by atoms with Gasteiger partial charge in [0.1, 0.15) is 5.82 Å². The van der Waals surface area contributed by atoms with Crippen molar-refractivity contribution in [2.45, 2.75) is 51.0 Å². The van der Waals surface area contributed by atoms with Crippen LogP contribution in [0.3, 0.4) is 0 Å². The monoisotopic (exact) mass is 389 g/mol. The highest BCUT2D eigenvalue weighted by Crippen LogP contribution is 2.20. The fourth-order valence-electron chi connectivity index (χ4n) is 3.80. The summed E-state index contributed by atoms with van der Waals surface area (Å²) in [6.45, 7) is 3.14. The molecule has 2 amide bonds. The summed E-state index contributed by atoms with van der Waals surface area (Å²) in [5, 5.41) is 18.1. The Labute approximate surface area is 166 Å². The molecule has 1 fully saturated rings. The van der Waals surface area contributed by atoms with Gasteiger partial charge < -0.3 is 21.1 Å². The van der Waals surface area contributed by atoms with Crippen LogP contribution in [0, 0.1) is 0 Å². The van der Waals surface area contributed by atoms with E-state index in [1.54, 1.807) is 0 Å². The van der Waals surface area contributed by atoms with Crippen molar-refractivity contribution in [2.75, 3.05) is 38.0 Å². The van der Waals surface area contributed by atoms with E-state index >= 15 is 0 Å². The Hall–Kier alpha value is -2.35. The van der Waals surface area contributed by atoms with E-state index in [-0.39, 0.29) is 18.6 Å². The zero-order valence-corrected chi connectivity index (χ0v) is 16.4. The maximum absolute atomic E-state index is 12.0. The van der Waals surface area contributed by atoms with Gasteiger partial charge >= 0.3 is 12.0 Å². The van der Waals surface area contributed by atoms with Crippen LogP contribution >= 0.6 is 0 Å². The number of pyridine rings is 1. The van der Waals surface area contributed by atoms with Gasteiger partial charge in [0.15, 0.2) is 0 Å². The molecule has 0 radical (unpaired) electrons. The molecule has 0 spiro atoms. The summed E-state index contributed by atoms with van der Waals surface area (Å²) >= 11 is 0. The van der Waals surface area contributed by atoms with Crippen LogP contribution in [0.15, 0.2) is 12.1 Å². The van der Waals surface area contributed by atoms with Crippen molar-refractivity contribution < 1.29 is 14.7 Å². The van der Waals surface area contributed by atoms with E-state index in [0.29, 0.717) is 19.6 Å². The summed E-state index contributed by atoms with van der Waals surface area (Å²) in [4.78, 5) is 29.3. The van der Waals surface area contributed by atoms with Crippen LogP contribution in [0.2, 0.25) is 0 Å². The third-order valence-corrected chi connectivity index (χ3v) is 5.38. The molecule has 0 aromatic carbocycles. The molecule has 0 bridgehead atoms. The van der Waals surface area contributed by atoms with Gasteiger partial charge in [0.25, 0.3) is 0 Å². The SMILES string of the molecule is O=C(O)CN1CCC(NC(=O)NCCCCc2ccc3c(n2)NCCC3)CC1. The van der Waals surface area contributed by atoms with E-state index in [1.807, 2.05) is 4.90 Å². The molecule has 8 heteroatoms. The number of carbonyl (C=O) groups is 2. The number of carboxylic acids is 1. The lowest BCUT2D eigenvalue weighted by Gasteiger charge is -2.31. The van der Waals surface area contributed by atoms with E-state index in [0.717, 1.165) is 56.6 Å². The van der Waals surface area contributed by atoms with Gasteiger partial charge in [0.05, 0.1) is 6.54 Å². The Morgan fingerprint density at radius 2 is 2.07 bits per heavy atom. The number of amides is 2. The van der Waals surface area contributed by atoms with Crippen LogP contribution in [0.25, 0.3) is 0 Å². The third-order valence-electron chi connectivity index (χ3n) is 5.38. The van der Waals surface area contributed by atoms with E-state index < -0.39 is 5.97 Å². The number of unbranched alkanes of at least 4 members (excludes halogenated alkanes) is 1. The van der Waals surface area contributed by atoms with E-state index in [2.05, 4.69) is 28.1 Å². The highest BCUT2D eigenvalue weighted by atomic mass is 16.4. The first-order valence-electron chi connectivity index (χ1n) is 10.3. The van der Waals surface area contributed by atoms with Crippen molar-refractivity contribution in [1.82, 2.24) is 20.5 Å². The highest BCUT2D eigenvalue weighted by Gasteiger charge is 2.21. The molecular formula is C20H31N5O3. The molecule has 8 nitrogen and oxygen atoms in total. The molecule has 1 saturated heterocycles. The molecule has 2 aliphatic heterocycles. The molecule has 0 aliphatic carbocycles. The van der Waals surface area contributed by atoms with Crippen LogP contribution in [0.4, 0.5) is 10.6 Å². The Bertz CT molecular complexity index is 674. The summed E-state index contributed by atoms with van der Waals surface area (Å²) in [5.41, 5.74) is 2.41. The average Bonchev–Trinajstić information content (AvgIpc) is 2.69. The number of aryl methyl sites for hydroxylation is 2. The number of hydrogen-bond acceptors (Lipinski definition) is 5. The minimum Gasteiger partial charge on any atom is -0.480 e. The number of nitrogens with one attached hydrogen (secondary N) is 3. The number of aromatic nitrogens is 1. The minimum absolute atomic E-state index is 0.0774. The number of hydrogen-bond donors (Lipinski definition) is 4. The number of urea groups is 1. The smallest absolute Gasteiger partial charge is 0.317 e. The van der Waals surface area contributed by atoms with Crippen molar-refractivity contribution in [3.8, 4) is 0 Å². The molecular weight excluding hydrogens is 358 g/mol. The van der Waals surface area contributed by atoms with Crippen molar-refractivity contribution >= 4 is 17.8 Å². The van der Waals surface area contributed by atoms with Crippen LogP contribution in [-0.4, -0.2) is 65.8 Å². The predicted octanol–water partition coefficient (Wildman–Crippen LogP) is 1.61. The average molecular weight is 390 g/mol. The van der Waals surface area contributed by atoms with Crippen molar-refractivity contribution in [3.05, 3.63) is 23.4 Å². The number of rotatable bonds is 8. The van der Waals surface area contributed by atoms with Crippen LogP contribution in [-0.2, 0) is 17.6 Å². The summed E-state index contributed by atoms with van der Waals surface area (Å²) in [6.07, 6.45) is 6.67. The van der Waals surface area contributed by atoms with Gasteiger partial charge in [-0.25, -0.2) is 9.78 Å². The molecule has 0 atom stereocenters. The van der Waals surface area contributed by atoms with Crippen LogP contribution < -0.4 is 16.0 Å². The zero-order chi connectivity index (χ0) is 19.8. The largest absolute Gasteiger partial charge is 0.480 e. The number of carbonyl (C=O) groups excluding carboxylic acids is 1. The lowest BCUT2D eigenvalue weighted by Crippen LogP contribution is -2.48. The van der Waals surface area contributed by atoms with E-state index in [1.165, 1.54) is 12.0 Å².